The smallest absolute Gasteiger partial charge is 0.326 e. The van der Waals surface area contributed by atoms with Crippen molar-refractivity contribution in [3.8, 4) is 0 Å². The van der Waals surface area contributed by atoms with Gasteiger partial charge in [-0.25, -0.2) is 9.78 Å². The normalized spacial score (nSPS) is 12.9. The second kappa shape index (κ2) is 4.94. The molecule has 0 amide bonds. The summed E-state index contributed by atoms with van der Waals surface area (Å²) in [6.07, 6.45) is 0. The molecule has 1 atom stereocenters. The van der Waals surface area contributed by atoms with Crippen LogP contribution in [0.4, 0.5) is 5.13 Å². The molecule has 0 unspecified atom stereocenters. The van der Waals surface area contributed by atoms with E-state index in [2.05, 4.69) is 10.3 Å². The summed E-state index contributed by atoms with van der Waals surface area (Å²) in [4.78, 5) is 15.6. The minimum atomic E-state index is -0.846. The van der Waals surface area contributed by atoms with Crippen molar-refractivity contribution in [2.75, 3.05) is 5.32 Å². The fraction of sp³-hybridized carbons (Fsp3) is 0.385. The Morgan fingerprint density at radius 3 is 2.72 bits per heavy atom. The van der Waals surface area contributed by atoms with Gasteiger partial charge in [-0.05, 0) is 24.5 Å². The molecule has 2 rings (SSSR count). The third-order valence-electron chi connectivity index (χ3n) is 2.82. The number of thiazole rings is 1. The lowest BCUT2D eigenvalue weighted by Gasteiger charge is -2.16. The number of carboxylic acid groups (broad SMARTS) is 1. The number of benzene rings is 1. The van der Waals surface area contributed by atoms with Crippen LogP contribution in [0.25, 0.3) is 10.2 Å². The van der Waals surface area contributed by atoms with Gasteiger partial charge in [0.05, 0.1) is 10.2 Å². The first-order valence-electron chi connectivity index (χ1n) is 5.84. The van der Waals surface area contributed by atoms with E-state index in [9.17, 15) is 4.79 Å². The highest BCUT2D eigenvalue weighted by Crippen LogP contribution is 2.29. The Hall–Kier alpha value is -1.62. The average molecular weight is 264 g/mol. The second-order valence-electron chi connectivity index (χ2n) is 4.65. The van der Waals surface area contributed by atoms with Gasteiger partial charge in [0.1, 0.15) is 6.04 Å². The zero-order chi connectivity index (χ0) is 13.3. The van der Waals surface area contributed by atoms with Crippen LogP contribution in [0.1, 0.15) is 19.4 Å². The molecule has 1 aromatic heterocycles. The topological polar surface area (TPSA) is 62.2 Å². The van der Waals surface area contributed by atoms with Gasteiger partial charge in [-0.2, -0.15) is 0 Å². The lowest BCUT2D eigenvalue weighted by Crippen LogP contribution is -2.34. The van der Waals surface area contributed by atoms with Gasteiger partial charge in [0.2, 0.25) is 0 Å². The van der Waals surface area contributed by atoms with Gasteiger partial charge in [-0.3, -0.25) is 0 Å². The third kappa shape index (κ3) is 2.46. The molecule has 0 aliphatic heterocycles. The summed E-state index contributed by atoms with van der Waals surface area (Å²) >= 11 is 1.50. The van der Waals surface area contributed by atoms with Crippen molar-refractivity contribution in [1.82, 2.24) is 4.98 Å². The molecule has 0 aliphatic rings. The van der Waals surface area contributed by atoms with Gasteiger partial charge in [0.25, 0.3) is 0 Å². The van der Waals surface area contributed by atoms with E-state index in [1.807, 2.05) is 39.0 Å². The van der Waals surface area contributed by atoms with Crippen LogP contribution < -0.4 is 5.32 Å². The molecule has 0 spiro atoms. The van der Waals surface area contributed by atoms with Crippen molar-refractivity contribution < 1.29 is 9.90 Å². The summed E-state index contributed by atoms with van der Waals surface area (Å²) in [7, 11) is 0. The Kier molecular flexibility index (Phi) is 3.52. The van der Waals surface area contributed by atoms with Crippen molar-refractivity contribution in [1.29, 1.82) is 0 Å². The molecular weight excluding hydrogens is 248 g/mol. The first kappa shape index (κ1) is 12.8. The van der Waals surface area contributed by atoms with Gasteiger partial charge >= 0.3 is 5.97 Å². The van der Waals surface area contributed by atoms with E-state index < -0.39 is 12.0 Å². The van der Waals surface area contributed by atoms with Crippen LogP contribution in [0.15, 0.2) is 18.2 Å². The Morgan fingerprint density at radius 2 is 2.17 bits per heavy atom. The molecule has 0 fully saturated rings. The Morgan fingerprint density at radius 1 is 1.44 bits per heavy atom. The molecule has 96 valence electrons. The number of nitrogens with zero attached hydrogens (tertiary/aromatic N) is 1. The lowest BCUT2D eigenvalue weighted by molar-refractivity contribution is -0.138. The van der Waals surface area contributed by atoms with Crippen molar-refractivity contribution in [2.45, 2.75) is 26.8 Å². The molecule has 1 heterocycles. The second-order valence-corrected chi connectivity index (χ2v) is 5.65. The number of fused-ring (bicyclic) bond motifs is 1. The Labute approximate surface area is 110 Å². The summed E-state index contributed by atoms with van der Waals surface area (Å²) in [5.74, 6) is -0.836. The third-order valence-corrected chi connectivity index (χ3v) is 3.96. The van der Waals surface area contributed by atoms with Gasteiger partial charge < -0.3 is 10.4 Å². The first-order chi connectivity index (χ1) is 8.49. The van der Waals surface area contributed by atoms with Gasteiger partial charge in [0.15, 0.2) is 5.13 Å². The maximum Gasteiger partial charge on any atom is 0.326 e. The van der Waals surface area contributed by atoms with E-state index in [4.69, 9.17) is 5.11 Å². The van der Waals surface area contributed by atoms with Crippen molar-refractivity contribution in [3.05, 3.63) is 23.8 Å². The minimum absolute atomic E-state index is 0.00982. The molecule has 1 aromatic carbocycles. The highest BCUT2D eigenvalue weighted by Gasteiger charge is 2.22. The number of aromatic nitrogens is 1. The van der Waals surface area contributed by atoms with E-state index in [1.165, 1.54) is 11.3 Å². The molecule has 5 heteroatoms. The molecular formula is C13H16N2O2S. The van der Waals surface area contributed by atoms with Crippen LogP contribution in [0, 0.1) is 12.8 Å². The number of rotatable bonds is 4. The molecule has 2 N–H and O–H groups in total. The molecule has 0 bridgehead atoms. The summed E-state index contributed by atoms with van der Waals surface area (Å²) in [6, 6.07) is 5.32. The molecule has 0 saturated carbocycles. The maximum absolute atomic E-state index is 11.1. The predicted molar refractivity (Wildman–Crippen MR) is 74.2 cm³/mol. The fourth-order valence-electron chi connectivity index (χ4n) is 1.80. The molecule has 0 aliphatic carbocycles. The van der Waals surface area contributed by atoms with Crippen LogP contribution in [-0.2, 0) is 4.79 Å². The van der Waals surface area contributed by atoms with Crippen molar-refractivity contribution >= 4 is 32.7 Å². The standard InChI is InChI=1S/C13H16N2O2S/c1-7(2)10(12(16)17)15-13-14-9-6-4-5-8(3)11(9)18-13/h4-7,10H,1-3H3,(H,14,15)(H,16,17)/t10-/m0/s1. The molecule has 2 aromatic rings. The molecule has 0 radical (unpaired) electrons. The number of anilines is 1. The maximum atomic E-state index is 11.1. The molecule has 4 nitrogen and oxygen atoms in total. The monoisotopic (exact) mass is 264 g/mol. The van der Waals surface area contributed by atoms with Crippen molar-refractivity contribution in [3.63, 3.8) is 0 Å². The largest absolute Gasteiger partial charge is 0.480 e. The number of hydrogen-bond acceptors (Lipinski definition) is 4. The van der Waals surface area contributed by atoms with Crippen LogP contribution in [0.2, 0.25) is 0 Å². The fourth-order valence-corrected chi connectivity index (χ4v) is 2.77. The number of carbonyl (C=O) groups is 1. The summed E-state index contributed by atoms with van der Waals surface area (Å²) in [5, 5.41) is 12.8. The van der Waals surface area contributed by atoms with E-state index in [0.29, 0.717) is 5.13 Å². The zero-order valence-corrected chi connectivity index (χ0v) is 11.4. The molecule has 0 saturated heterocycles. The number of carboxylic acids is 1. The molecule has 18 heavy (non-hydrogen) atoms. The highest BCUT2D eigenvalue weighted by molar-refractivity contribution is 7.22. The van der Waals surface area contributed by atoms with E-state index in [0.717, 1.165) is 15.8 Å². The summed E-state index contributed by atoms with van der Waals surface area (Å²) in [6.45, 7) is 5.79. The Bertz CT molecular complexity index is 577. The van der Waals surface area contributed by atoms with Crippen molar-refractivity contribution in [2.24, 2.45) is 5.92 Å². The van der Waals surface area contributed by atoms with Crippen LogP contribution in [-0.4, -0.2) is 22.1 Å². The van der Waals surface area contributed by atoms with E-state index >= 15 is 0 Å². The first-order valence-corrected chi connectivity index (χ1v) is 6.66. The lowest BCUT2D eigenvalue weighted by atomic mass is 10.1. The minimum Gasteiger partial charge on any atom is -0.480 e. The van der Waals surface area contributed by atoms with Gasteiger partial charge in [-0.15, -0.1) is 0 Å². The number of aryl methyl sites for hydroxylation is 1. The zero-order valence-electron chi connectivity index (χ0n) is 10.6. The van der Waals surface area contributed by atoms with Gasteiger partial charge in [0, 0.05) is 0 Å². The number of hydrogen-bond donors (Lipinski definition) is 2. The highest BCUT2D eigenvalue weighted by atomic mass is 32.1. The number of nitrogens with one attached hydrogen (secondary N) is 1. The quantitative estimate of drug-likeness (QED) is 0.890. The summed E-state index contributed by atoms with van der Waals surface area (Å²) < 4.78 is 1.10. The number of aliphatic carboxylic acids is 1. The van der Waals surface area contributed by atoms with E-state index in [1.54, 1.807) is 0 Å². The SMILES string of the molecule is Cc1cccc2nc(N[C@H](C(=O)O)C(C)C)sc12. The predicted octanol–water partition coefficient (Wildman–Crippen LogP) is 3.13. The average Bonchev–Trinajstić information content (AvgIpc) is 2.69. The van der Waals surface area contributed by atoms with Crippen LogP contribution in [0.5, 0.6) is 0 Å². The van der Waals surface area contributed by atoms with Crippen LogP contribution >= 0.6 is 11.3 Å². The van der Waals surface area contributed by atoms with Crippen LogP contribution in [0.3, 0.4) is 0 Å². The van der Waals surface area contributed by atoms with Gasteiger partial charge in [-0.1, -0.05) is 37.3 Å². The van der Waals surface area contributed by atoms with E-state index in [-0.39, 0.29) is 5.92 Å². The Balaban J connectivity index is 2.32. The summed E-state index contributed by atoms with van der Waals surface area (Å²) in [5.41, 5.74) is 2.07.